The molecule has 1 aromatic rings. The number of thiol groups is 1. The number of hydrogen-bond acceptors (Lipinski definition) is 3. The van der Waals surface area contributed by atoms with Gasteiger partial charge in [0.15, 0.2) is 5.79 Å². The van der Waals surface area contributed by atoms with Crippen LogP contribution >= 0.6 is 35.8 Å². The number of halogens is 2. The average Bonchev–Trinajstić information content (AvgIpc) is 2.61. The van der Waals surface area contributed by atoms with Crippen molar-refractivity contribution < 1.29 is 9.47 Å². The van der Waals surface area contributed by atoms with Crippen molar-refractivity contribution in [3.05, 3.63) is 33.8 Å². The number of ether oxygens (including phenoxy) is 2. The van der Waals surface area contributed by atoms with E-state index < -0.39 is 5.79 Å². The van der Waals surface area contributed by atoms with Crippen LogP contribution in [0.25, 0.3) is 0 Å². The molecule has 0 N–H and O–H groups in total. The van der Waals surface area contributed by atoms with E-state index in [1.54, 1.807) is 12.1 Å². The maximum Gasteiger partial charge on any atom is 0.193 e. The highest BCUT2D eigenvalue weighted by Crippen LogP contribution is 2.38. The molecule has 5 heteroatoms. The van der Waals surface area contributed by atoms with E-state index in [1.165, 1.54) is 0 Å². The van der Waals surface area contributed by atoms with Crippen molar-refractivity contribution in [2.24, 2.45) is 0 Å². The maximum absolute atomic E-state index is 6.13. The Hall–Kier alpha value is 0.0700. The summed E-state index contributed by atoms with van der Waals surface area (Å²) in [5.74, 6) is -0.171. The van der Waals surface area contributed by atoms with Crippen LogP contribution in [0.4, 0.5) is 0 Å². The third-order valence-corrected chi connectivity index (χ3v) is 3.52. The molecule has 1 heterocycles. The molecule has 2 atom stereocenters. The molecule has 88 valence electrons. The molecule has 0 aromatic heterocycles. The minimum Gasteiger partial charge on any atom is -0.343 e. The van der Waals surface area contributed by atoms with Crippen molar-refractivity contribution in [3.63, 3.8) is 0 Å². The fourth-order valence-corrected chi connectivity index (χ4v) is 2.49. The van der Waals surface area contributed by atoms with E-state index in [9.17, 15) is 0 Å². The summed E-state index contributed by atoms with van der Waals surface area (Å²) in [5.41, 5.74) is 0.794. The molecule has 0 amide bonds. The first-order valence-corrected chi connectivity index (χ1v) is 6.32. The van der Waals surface area contributed by atoms with E-state index in [0.29, 0.717) is 22.4 Å². The zero-order valence-electron chi connectivity index (χ0n) is 8.74. The second-order valence-electron chi connectivity index (χ2n) is 3.80. The summed E-state index contributed by atoms with van der Waals surface area (Å²) in [5, 5.41) is 1.15. The van der Waals surface area contributed by atoms with Crippen molar-refractivity contribution in [1.82, 2.24) is 0 Å². The third-order valence-electron chi connectivity index (χ3n) is 2.56. The first kappa shape index (κ1) is 12.5. The van der Waals surface area contributed by atoms with Gasteiger partial charge in [-0.15, -0.1) is 0 Å². The van der Waals surface area contributed by atoms with Crippen LogP contribution in [-0.2, 0) is 15.3 Å². The fraction of sp³-hybridized carbons (Fsp3) is 0.455. The first-order chi connectivity index (χ1) is 7.55. The first-order valence-electron chi connectivity index (χ1n) is 4.93. The molecule has 1 aliphatic rings. The van der Waals surface area contributed by atoms with Gasteiger partial charge in [0, 0.05) is 16.3 Å². The highest BCUT2D eigenvalue weighted by atomic mass is 35.5. The quantitative estimate of drug-likeness (QED) is 0.835. The molecular formula is C11H12Cl2O2S. The smallest absolute Gasteiger partial charge is 0.193 e. The van der Waals surface area contributed by atoms with E-state index in [4.69, 9.17) is 32.7 Å². The van der Waals surface area contributed by atoms with Crippen molar-refractivity contribution >= 4 is 35.8 Å². The molecule has 1 aromatic carbocycles. The molecule has 0 radical (unpaired) electrons. The van der Waals surface area contributed by atoms with Gasteiger partial charge in [0.1, 0.15) is 0 Å². The minimum atomic E-state index is -0.797. The van der Waals surface area contributed by atoms with Crippen LogP contribution in [0.1, 0.15) is 12.5 Å². The molecule has 2 rings (SSSR count). The highest BCUT2D eigenvalue weighted by molar-refractivity contribution is 7.80. The van der Waals surface area contributed by atoms with E-state index in [0.717, 1.165) is 5.56 Å². The number of benzene rings is 1. The summed E-state index contributed by atoms with van der Waals surface area (Å²) in [6.07, 6.45) is 0.0000723. The Morgan fingerprint density at radius 3 is 2.81 bits per heavy atom. The lowest BCUT2D eigenvalue weighted by molar-refractivity contribution is -0.159. The van der Waals surface area contributed by atoms with E-state index in [-0.39, 0.29) is 6.10 Å². The molecule has 16 heavy (non-hydrogen) atoms. The normalized spacial score (nSPS) is 29.6. The van der Waals surface area contributed by atoms with Crippen LogP contribution in [0.3, 0.4) is 0 Å². The molecule has 1 saturated heterocycles. The van der Waals surface area contributed by atoms with Crippen LogP contribution < -0.4 is 0 Å². The Morgan fingerprint density at radius 1 is 1.50 bits per heavy atom. The summed E-state index contributed by atoms with van der Waals surface area (Å²) in [7, 11) is 0. The molecular weight excluding hydrogens is 267 g/mol. The summed E-state index contributed by atoms with van der Waals surface area (Å²) >= 11 is 16.2. The second kappa shape index (κ2) is 4.75. The Morgan fingerprint density at radius 2 is 2.25 bits per heavy atom. The lowest BCUT2D eigenvalue weighted by Crippen LogP contribution is -2.24. The Kier molecular flexibility index (Phi) is 3.72. The molecule has 1 aliphatic heterocycles. The van der Waals surface area contributed by atoms with Gasteiger partial charge in [-0.1, -0.05) is 29.3 Å². The van der Waals surface area contributed by atoms with Crippen molar-refractivity contribution in [2.75, 3.05) is 12.4 Å². The Bertz CT molecular complexity index is 400. The lowest BCUT2D eigenvalue weighted by Gasteiger charge is -2.24. The minimum absolute atomic E-state index is 0.0000723. The molecule has 0 aliphatic carbocycles. The van der Waals surface area contributed by atoms with Crippen LogP contribution in [0.5, 0.6) is 0 Å². The third kappa shape index (κ3) is 2.34. The van der Waals surface area contributed by atoms with E-state index >= 15 is 0 Å². The van der Waals surface area contributed by atoms with Gasteiger partial charge in [0.2, 0.25) is 0 Å². The molecule has 0 spiro atoms. The van der Waals surface area contributed by atoms with Gasteiger partial charge < -0.3 is 9.47 Å². The Labute approximate surface area is 110 Å². The van der Waals surface area contributed by atoms with Crippen molar-refractivity contribution in [3.8, 4) is 0 Å². The summed E-state index contributed by atoms with van der Waals surface area (Å²) in [4.78, 5) is 0. The SMILES string of the molecule is C[C@]1(c2ccc(Cl)cc2Cl)OC[C@@H](CS)O1. The maximum atomic E-state index is 6.13. The van der Waals surface area contributed by atoms with Gasteiger partial charge in [-0.3, -0.25) is 0 Å². The van der Waals surface area contributed by atoms with Gasteiger partial charge >= 0.3 is 0 Å². The lowest BCUT2D eigenvalue weighted by atomic mass is 10.1. The topological polar surface area (TPSA) is 18.5 Å². The fourth-order valence-electron chi connectivity index (χ4n) is 1.73. The predicted molar refractivity (Wildman–Crippen MR) is 68.5 cm³/mol. The van der Waals surface area contributed by atoms with Crippen LogP contribution in [0.2, 0.25) is 10.0 Å². The largest absolute Gasteiger partial charge is 0.343 e. The van der Waals surface area contributed by atoms with Gasteiger partial charge in [-0.25, -0.2) is 0 Å². The zero-order valence-corrected chi connectivity index (χ0v) is 11.1. The Balaban J connectivity index is 2.30. The molecule has 1 fully saturated rings. The van der Waals surface area contributed by atoms with Crippen LogP contribution in [0, 0.1) is 0 Å². The molecule has 2 nitrogen and oxygen atoms in total. The average molecular weight is 279 g/mol. The van der Waals surface area contributed by atoms with Gasteiger partial charge in [-0.05, 0) is 19.1 Å². The highest BCUT2D eigenvalue weighted by Gasteiger charge is 2.39. The van der Waals surface area contributed by atoms with Gasteiger partial charge in [-0.2, -0.15) is 12.6 Å². The van der Waals surface area contributed by atoms with Crippen molar-refractivity contribution in [2.45, 2.75) is 18.8 Å². The van der Waals surface area contributed by atoms with Crippen LogP contribution in [0.15, 0.2) is 18.2 Å². The zero-order chi connectivity index (χ0) is 11.8. The van der Waals surface area contributed by atoms with Gasteiger partial charge in [0.05, 0.1) is 17.7 Å². The van der Waals surface area contributed by atoms with Crippen LogP contribution in [-0.4, -0.2) is 18.5 Å². The monoisotopic (exact) mass is 278 g/mol. The summed E-state index contributed by atoms with van der Waals surface area (Å²) in [6, 6.07) is 5.28. The molecule has 0 unspecified atom stereocenters. The molecule has 0 bridgehead atoms. The summed E-state index contributed by atoms with van der Waals surface area (Å²) in [6.45, 7) is 2.38. The number of rotatable bonds is 2. The second-order valence-corrected chi connectivity index (χ2v) is 5.01. The van der Waals surface area contributed by atoms with E-state index in [2.05, 4.69) is 12.6 Å². The standard InChI is InChI=1S/C11H12Cl2O2S/c1-11(14-5-8(6-16)15-11)9-3-2-7(12)4-10(9)13/h2-4,8,16H,5-6H2,1H3/t8-,11-/m0/s1. The summed E-state index contributed by atoms with van der Waals surface area (Å²) < 4.78 is 11.4. The molecule has 0 saturated carbocycles. The van der Waals surface area contributed by atoms with Crippen molar-refractivity contribution in [1.29, 1.82) is 0 Å². The van der Waals surface area contributed by atoms with Gasteiger partial charge in [0.25, 0.3) is 0 Å². The van der Waals surface area contributed by atoms with E-state index in [1.807, 2.05) is 13.0 Å². The number of hydrogen-bond donors (Lipinski definition) is 1. The predicted octanol–water partition coefficient (Wildman–Crippen LogP) is 3.51.